The number of methoxy groups -OCH3 is 2. The lowest BCUT2D eigenvalue weighted by Gasteiger charge is -2.37. The van der Waals surface area contributed by atoms with Gasteiger partial charge in [0.2, 0.25) is 0 Å². The van der Waals surface area contributed by atoms with Crippen molar-refractivity contribution in [3.05, 3.63) is 35.5 Å². The number of aliphatic hydroxyl groups excluding tert-OH is 1. The van der Waals surface area contributed by atoms with Gasteiger partial charge >= 0.3 is 11.9 Å². The summed E-state index contributed by atoms with van der Waals surface area (Å²) >= 11 is 0. The molecule has 146 valence electrons. The van der Waals surface area contributed by atoms with E-state index in [1.807, 2.05) is 24.3 Å². The normalized spacial score (nSPS) is 18.5. The molecule has 1 aromatic rings. The summed E-state index contributed by atoms with van der Waals surface area (Å²) in [5.74, 6) is -1.25. The molecule has 0 aromatic heterocycles. The highest BCUT2D eigenvalue weighted by Crippen LogP contribution is 2.35. The van der Waals surface area contributed by atoms with E-state index >= 15 is 0 Å². The third-order valence-electron chi connectivity index (χ3n) is 4.81. The number of benzene rings is 1. The highest BCUT2D eigenvalue weighted by Gasteiger charge is 2.34. The number of para-hydroxylation sites is 2. The van der Waals surface area contributed by atoms with Crippen LogP contribution in [0, 0.1) is 0 Å². The van der Waals surface area contributed by atoms with Crippen LogP contribution < -0.4 is 9.80 Å². The Morgan fingerprint density at radius 2 is 1.70 bits per heavy atom. The smallest absolute Gasteiger partial charge is 0.355 e. The molecule has 1 aromatic carbocycles. The third-order valence-corrected chi connectivity index (χ3v) is 4.81. The lowest BCUT2D eigenvalue weighted by Crippen LogP contribution is -2.41. The molecule has 2 aliphatic rings. The van der Waals surface area contributed by atoms with Gasteiger partial charge in [0.15, 0.2) is 0 Å². The van der Waals surface area contributed by atoms with Gasteiger partial charge in [0.25, 0.3) is 0 Å². The Kier molecular flexibility index (Phi) is 5.98. The molecule has 1 N–H and O–H groups in total. The number of aliphatic hydroxyl groups is 1. The van der Waals surface area contributed by atoms with E-state index in [0.29, 0.717) is 25.9 Å². The molecule has 0 spiro atoms. The second-order valence-corrected chi connectivity index (χ2v) is 6.42. The van der Waals surface area contributed by atoms with E-state index < -0.39 is 11.9 Å². The molecule has 0 bridgehead atoms. The fraction of sp³-hybridized carbons (Fsp3) is 0.474. The molecule has 2 aliphatic heterocycles. The van der Waals surface area contributed by atoms with Gasteiger partial charge in [0, 0.05) is 13.1 Å². The molecule has 27 heavy (non-hydrogen) atoms. The van der Waals surface area contributed by atoms with Crippen LogP contribution in [0.5, 0.6) is 0 Å². The van der Waals surface area contributed by atoms with Gasteiger partial charge in [0.1, 0.15) is 12.4 Å². The van der Waals surface area contributed by atoms with Gasteiger partial charge < -0.3 is 29.1 Å². The Labute approximate surface area is 157 Å². The maximum Gasteiger partial charge on any atom is 0.355 e. The van der Waals surface area contributed by atoms with Crippen LogP contribution in [-0.4, -0.2) is 63.8 Å². The number of anilines is 2. The zero-order valence-corrected chi connectivity index (χ0v) is 15.5. The number of hydrogen-bond donors (Lipinski definition) is 1. The largest absolute Gasteiger partial charge is 0.466 e. The maximum absolute atomic E-state index is 12.5. The van der Waals surface area contributed by atoms with E-state index in [1.165, 1.54) is 14.2 Å². The van der Waals surface area contributed by atoms with E-state index in [1.54, 1.807) is 4.90 Å². The second kappa shape index (κ2) is 8.41. The zero-order chi connectivity index (χ0) is 19.4. The fourth-order valence-electron chi connectivity index (χ4n) is 3.40. The van der Waals surface area contributed by atoms with Crippen molar-refractivity contribution in [2.24, 2.45) is 0 Å². The van der Waals surface area contributed by atoms with Crippen molar-refractivity contribution in [1.82, 2.24) is 0 Å². The van der Waals surface area contributed by atoms with Gasteiger partial charge in [-0.05, 0) is 25.0 Å². The van der Waals surface area contributed by atoms with Crippen molar-refractivity contribution < 1.29 is 28.9 Å². The van der Waals surface area contributed by atoms with Crippen molar-refractivity contribution in [2.45, 2.75) is 18.9 Å². The summed E-state index contributed by atoms with van der Waals surface area (Å²) in [6, 6.07) is 7.59. The topological polar surface area (TPSA) is 88.5 Å². The van der Waals surface area contributed by atoms with Crippen molar-refractivity contribution >= 4 is 23.3 Å². The van der Waals surface area contributed by atoms with Gasteiger partial charge in [0.05, 0.1) is 43.9 Å². The number of rotatable bonds is 4. The molecule has 8 heteroatoms. The first kappa shape index (κ1) is 19.2. The SMILES string of the molecule is COC(=O)C1=C(C(=O)OC)N(c2ccccc2N2CCC(O)CC2)COC1. The average molecular weight is 376 g/mol. The minimum absolute atomic E-state index is 0.0221. The third kappa shape index (κ3) is 3.91. The predicted octanol–water partition coefficient (Wildman–Crippen LogP) is 1.04. The van der Waals surface area contributed by atoms with Crippen LogP contribution >= 0.6 is 0 Å². The van der Waals surface area contributed by atoms with Crippen LogP contribution in [0.25, 0.3) is 0 Å². The molecule has 1 fully saturated rings. The van der Waals surface area contributed by atoms with E-state index in [2.05, 4.69) is 4.90 Å². The molecule has 3 rings (SSSR count). The molecule has 8 nitrogen and oxygen atoms in total. The van der Waals surface area contributed by atoms with Crippen LogP contribution in [0.15, 0.2) is 35.5 Å². The highest BCUT2D eigenvalue weighted by molar-refractivity contribution is 6.04. The van der Waals surface area contributed by atoms with Crippen LogP contribution in [0.4, 0.5) is 11.4 Å². The molecule has 0 saturated carbocycles. The number of hydrogen-bond acceptors (Lipinski definition) is 8. The lowest BCUT2D eigenvalue weighted by molar-refractivity contribution is -0.140. The summed E-state index contributed by atoms with van der Waals surface area (Å²) in [5, 5.41) is 9.78. The summed E-state index contributed by atoms with van der Waals surface area (Å²) in [6.45, 7) is 1.49. The number of carbonyl (C=O) groups is 2. The molecule has 0 radical (unpaired) electrons. The summed E-state index contributed by atoms with van der Waals surface area (Å²) in [5.41, 5.74) is 1.88. The fourth-order valence-corrected chi connectivity index (χ4v) is 3.40. The van der Waals surface area contributed by atoms with E-state index in [-0.39, 0.29) is 30.7 Å². The predicted molar refractivity (Wildman–Crippen MR) is 98.3 cm³/mol. The van der Waals surface area contributed by atoms with Crippen LogP contribution in [-0.2, 0) is 23.8 Å². The van der Waals surface area contributed by atoms with E-state index in [0.717, 1.165) is 11.4 Å². The average Bonchev–Trinajstić information content (AvgIpc) is 2.72. The van der Waals surface area contributed by atoms with Crippen molar-refractivity contribution in [3.63, 3.8) is 0 Å². The van der Waals surface area contributed by atoms with Crippen molar-refractivity contribution in [1.29, 1.82) is 0 Å². The Morgan fingerprint density at radius 1 is 1.07 bits per heavy atom. The van der Waals surface area contributed by atoms with Crippen LogP contribution in [0.1, 0.15) is 12.8 Å². The second-order valence-electron chi connectivity index (χ2n) is 6.42. The highest BCUT2D eigenvalue weighted by atomic mass is 16.5. The van der Waals surface area contributed by atoms with E-state index in [9.17, 15) is 14.7 Å². The Bertz CT molecular complexity index is 739. The summed E-state index contributed by atoms with van der Waals surface area (Å²) < 4.78 is 15.3. The summed E-state index contributed by atoms with van der Waals surface area (Å²) in [4.78, 5) is 28.4. The summed E-state index contributed by atoms with van der Waals surface area (Å²) in [6.07, 6.45) is 1.07. The quantitative estimate of drug-likeness (QED) is 0.780. The maximum atomic E-state index is 12.5. The number of piperidine rings is 1. The molecular formula is C19H24N2O6. The van der Waals surface area contributed by atoms with Gasteiger partial charge in [-0.3, -0.25) is 0 Å². The molecule has 0 unspecified atom stereocenters. The molecule has 0 atom stereocenters. The number of ether oxygens (including phenoxy) is 3. The monoisotopic (exact) mass is 376 g/mol. The molecule has 1 saturated heterocycles. The molecular weight excluding hydrogens is 352 g/mol. The van der Waals surface area contributed by atoms with Crippen LogP contribution in [0.2, 0.25) is 0 Å². The van der Waals surface area contributed by atoms with Crippen LogP contribution in [0.3, 0.4) is 0 Å². The molecule has 0 aliphatic carbocycles. The first-order valence-corrected chi connectivity index (χ1v) is 8.84. The number of nitrogens with zero attached hydrogens (tertiary/aromatic N) is 2. The Hall–Kier alpha value is -2.58. The Morgan fingerprint density at radius 3 is 2.33 bits per heavy atom. The first-order valence-electron chi connectivity index (χ1n) is 8.84. The molecule has 0 amide bonds. The zero-order valence-electron chi connectivity index (χ0n) is 15.5. The van der Waals surface area contributed by atoms with Gasteiger partial charge in [-0.25, -0.2) is 9.59 Å². The van der Waals surface area contributed by atoms with Crippen molar-refractivity contribution in [3.8, 4) is 0 Å². The Balaban J connectivity index is 2.04. The van der Waals surface area contributed by atoms with Gasteiger partial charge in [-0.15, -0.1) is 0 Å². The molecule has 2 heterocycles. The minimum Gasteiger partial charge on any atom is -0.466 e. The lowest BCUT2D eigenvalue weighted by atomic mass is 10.1. The first-order chi connectivity index (χ1) is 13.1. The number of esters is 2. The van der Waals surface area contributed by atoms with Crippen molar-refractivity contribution in [2.75, 3.05) is 50.4 Å². The van der Waals surface area contributed by atoms with Gasteiger partial charge in [-0.2, -0.15) is 0 Å². The van der Waals surface area contributed by atoms with E-state index in [4.69, 9.17) is 14.2 Å². The standard InChI is InChI=1S/C19H24N2O6/c1-25-18(23)14-11-27-12-21(17(14)19(24)26-2)16-6-4-3-5-15(16)20-9-7-13(22)8-10-20/h3-6,13,22H,7-12H2,1-2H3. The minimum atomic E-state index is -0.626. The van der Waals surface area contributed by atoms with Gasteiger partial charge in [-0.1, -0.05) is 12.1 Å². The number of carbonyl (C=O) groups excluding carboxylic acids is 2. The summed E-state index contributed by atoms with van der Waals surface area (Å²) in [7, 11) is 2.53.